The van der Waals surface area contributed by atoms with Crippen molar-refractivity contribution in [2.24, 2.45) is 0 Å². The van der Waals surface area contributed by atoms with Gasteiger partial charge in [-0.2, -0.15) is 0 Å². The number of hydrogen-bond donors (Lipinski definition) is 2. The second-order valence-corrected chi connectivity index (χ2v) is 6.19. The van der Waals surface area contributed by atoms with Gasteiger partial charge in [-0.15, -0.1) is 0 Å². The van der Waals surface area contributed by atoms with E-state index >= 15 is 0 Å². The highest BCUT2D eigenvalue weighted by molar-refractivity contribution is 5.92. The van der Waals surface area contributed by atoms with Crippen LogP contribution in [0.5, 0.6) is 11.5 Å². The van der Waals surface area contributed by atoms with Crippen molar-refractivity contribution in [1.29, 1.82) is 0 Å². The molecule has 0 unspecified atom stereocenters. The summed E-state index contributed by atoms with van der Waals surface area (Å²) in [6.45, 7) is 5.39. The summed E-state index contributed by atoms with van der Waals surface area (Å²) in [5, 5.41) is 6.14. The van der Waals surface area contributed by atoms with Crippen LogP contribution in [0.4, 0.5) is 5.82 Å². The van der Waals surface area contributed by atoms with Gasteiger partial charge in [-0.25, -0.2) is 9.97 Å². The Kier molecular flexibility index (Phi) is 5.88. The molecule has 0 aliphatic carbocycles. The molecule has 7 heteroatoms. The number of nitrogens with zero attached hydrogens (tertiary/aromatic N) is 2. The third-order valence-electron chi connectivity index (χ3n) is 4.05. The minimum Gasteiger partial charge on any atom is -0.454 e. The van der Waals surface area contributed by atoms with E-state index < -0.39 is 0 Å². The number of aromatic nitrogens is 2. The summed E-state index contributed by atoms with van der Waals surface area (Å²) in [4.78, 5) is 20.8. The smallest absolute Gasteiger partial charge is 0.270 e. The van der Waals surface area contributed by atoms with Crippen molar-refractivity contribution in [3.05, 3.63) is 41.3 Å². The zero-order chi connectivity index (χ0) is 18.4. The molecule has 26 heavy (non-hydrogen) atoms. The number of carbonyl (C=O) groups excluding carboxylic acids is 1. The lowest BCUT2D eigenvalue weighted by Crippen LogP contribution is -2.26. The molecule has 0 bridgehead atoms. The zero-order valence-electron chi connectivity index (χ0n) is 15.2. The first-order chi connectivity index (χ1) is 12.7. The summed E-state index contributed by atoms with van der Waals surface area (Å²) in [6, 6.07) is 7.47. The van der Waals surface area contributed by atoms with Gasteiger partial charge in [0.25, 0.3) is 5.91 Å². The minimum atomic E-state index is -0.169. The molecule has 0 fully saturated rings. The Balaban J connectivity index is 1.61. The van der Waals surface area contributed by atoms with E-state index in [0.717, 1.165) is 36.3 Å². The van der Waals surface area contributed by atoms with Gasteiger partial charge in [-0.1, -0.05) is 25.8 Å². The molecule has 0 spiro atoms. The van der Waals surface area contributed by atoms with Gasteiger partial charge in [0.05, 0.1) is 0 Å². The summed E-state index contributed by atoms with van der Waals surface area (Å²) in [6.07, 6.45) is 3.20. The number of rotatable bonds is 8. The maximum absolute atomic E-state index is 12.3. The molecule has 7 nitrogen and oxygen atoms in total. The average molecular weight is 356 g/mol. The van der Waals surface area contributed by atoms with E-state index in [1.54, 1.807) is 13.0 Å². The largest absolute Gasteiger partial charge is 0.454 e. The highest BCUT2D eigenvalue weighted by Gasteiger charge is 2.14. The lowest BCUT2D eigenvalue weighted by molar-refractivity contribution is 0.0947. The molecule has 2 aromatic rings. The number of hydrogen-bond acceptors (Lipinski definition) is 6. The molecule has 0 radical (unpaired) electrons. The first-order valence-electron chi connectivity index (χ1n) is 8.92. The predicted octanol–water partition coefficient (Wildman–Crippen LogP) is 3.05. The van der Waals surface area contributed by atoms with Crippen LogP contribution in [-0.4, -0.2) is 29.2 Å². The number of aryl methyl sites for hydroxylation is 1. The lowest BCUT2D eigenvalue weighted by atomic mass is 10.2. The van der Waals surface area contributed by atoms with Crippen molar-refractivity contribution in [2.45, 2.75) is 39.7 Å². The normalized spacial score (nSPS) is 12.1. The number of unbranched alkanes of at least 4 members (excludes halogenated alkanes) is 2. The highest BCUT2D eigenvalue weighted by atomic mass is 16.7. The van der Waals surface area contributed by atoms with E-state index in [-0.39, 0.29) is 12.7 Å². The van der Waals surface area contributed by atoms with Gasteiger partial charge >= 0.3 is 0 Å². The van der Waals surface area contributed by atoms with E-state index in [1.807, 2.05) is 18.2 Å². The molecular weight excluding hydrogens is 332 g/mol. The fourth-order valence-corrected chi connectivity index (χ4v) is 2.69. The number of amides is 1. The molecular formula is C19H24N4O3. The summed E-state index contributed by atoms with van der Waals surface area (Å²) in [5.74, 6) is 2.51. The van der Waals surface area contributed by atoms with E-state index in [0.29, 0.717) is 30.4 Å². The first-order valence-corrected chi connectivity index (χ1v) is 8.92. The highest BCUT2D eigenvalue weighted by Crippen LogP contribution is 2.32. The fourth-order valence-electron chi connectivity index (χ4n) is 2.69. The molecule has 1 amide bonds. The van der Waals surface area contributed by atoms with Gasteiger partial charge in [0.15, 0.2) is 11.5 Å². The predicted molar refractivity (Wildman–Crippen MR) is 98.5 cm³/mol. The van der Waals surface area contributed by atoms with Crippen molar-refractivity contribution in [2.75, 3.05) is 18.7 Å². The monoisotopic (exact) mass is 356 g/mol. The van der Waals surface area contributed by atoms with Crippen LogP contribution < -0.4 is 20.1 Å². The molecule has 1 aliphatic rings. The van der Waals surface area contributed by atoms with Gasteiger partial charge in [0, 0.05) is 19.2 Å². The maximum atomic E-state index is 12.3. The van der Waals surface area contributed by atoms with Crippen LogP contribution in [0.1, 0.15) is 48.1 Å². The van der Waals surface area contributed by atoms with Crippen molar-refractivity contribution in [3.8, 4) is 11.5 Å². The number of anilines is 1. The molecule has 3 rings (SSSR count). The van der Waals surface area contributed by atoms with Gasteiger partial charge < -0.3 is 20.1 Å². The lowest BCUT2D eigenvalue weighted by Gasteiger charge is -2.10. The molecule has 0 atom stereocenters. The molecule has 138 valence electrons. The van der Waals surface area contributed by atoms with Gasteiger partial charge in [-0.05, 0) is 31.0 Å². The van der Waals surface area contributed by atoms with Crippen molar-refractivity contribution in [3.63, 3.8) is 0 Å². The van der Waals surface area contributed by atoms with Gasteiger partial charge in [0.1, 0.15) is 17.3 Å². The summed E-state index contributed by atoms with van der Waals surface area (Å²) >= 11 is 0. The maximum Gasteiger partial charge on any atom is 0.270 e. The standard InChI is InChI=1S/C19H24N4O3/c1-3-4-5-8-20-19(24)15-10-18(23-13(2)22-15)21-11-14-6-7-16-17(9-14)26-12-25-16/h6-7,9-10H,3-5,8,11-12H2,1-2H3,(H,20,24)(H,21,22,23). The SMILES string of the molecule is CCCCCNC(=O)c1cc(NCc2ccc3c(c2)OCO3)nc(C)n1. The van der Waals surface area contributed by atoms with E-state index in [9.17, 15) is 4.79 Å². The average Bonchev–Trinajstić information content (AvgIpc) is 3.11. The number of nitrogens with one attached hydrogen (secondary N) is 2. The third kappa shape index (κ3) is 4.62. The summed E-state index contributed by atoms with van der Waals surface area (Å²) < 4.78 is 10.7. The Morgan fingerprint density at radius 3 is 2.85 bits per heavy atom. The molecule has 1 aliphatic heterocycles. The molecule has 1 aromatic heterocycles. The van der Waals surface area contributed by atoms with Gasteiger partial charge in [-0.3, -0.25) is 4.79 Å². The number of fused-ring (bicyclic) bond motifs is 1. The van der Waals surface area contributed by atoms with Crippen LogP contribution in [0.15, 0.2) is 24.3 Å². The Morgan fingerprint density at radius 1 is 1.15 bits per heavy atom. The number of carbonyl (C=O) groups is 1. The van der Waals surface area contributed by atoms with Crippen molar-refractivity contribution in [1.82, 2.24) is 15.3 Å². The Morgan fingerprint density at radius 2 is 2.00 bits per heavy atom. The first kappa shape index (κ1) is 18.0. The van der Waals surface area contributed by atoms with E-state index in [2.05, 4.69) is 27.5 Å². The second kappa shape index (κ2) is 8.51. The van der Waals surface area contributed by atoms with Crippen LogP contribution in [0.3, 0.4) is 0 Å². The Bertz CT molecular complexity index is 779. The van der Waals surface area contributed by atoms with Crippen molar-refractivity contribution < 1.29 is 14.3 Å². The van der Waals surface area contributed by atoms with Crippen LogP contribution in [0.2, 0.25) is 0 Å². The van der Waals surface area contributed by atoms with Crippen LogP contribution in [-0.2, 0) is 6.54 Å². The van der Waals surface area contributed by atoms with E-state index in [4.69, 9.17) is 9.47 Å². The van der Waals surface area contributed by atoms with Crippen LogP contribution in [0, 0.1) is 6.92 Å². The summed E-state index contributed by atoms with van der Waals surface area (Å²) in [5.41, 5.74) is 1.42. The fraction of sp³-hybridized carbons (Fsp3) is 0.421. The summed E-state index contributed by atoms with van der Waals surface area (Å²) in [7, 11) is 0. The third-order valence-corrected chi connectivity index (χ3v) is 4.05. The van der Waals surface area contributed by atoms with Crippen molar-refractivity contribution >= 4 is 11.7 Å². The van der Waals surface area contributed by atoms with Crippen LogP contribution in [0.25, 0.3) is 0 Å². The quantitative estimate of drug-likeness (QED) is 0.707. The zero-order valence-corrected chi connectivity index (χ0v) is 15.2. The molecule has 2 heterocycles. The molecule has 1 aromatic carbocycles. The molecule has 0 saturated carbocycles. The van der Waals surface area contributed by atoms with E-state index in [1.165, 1.54) is 0 Å². The Hall–Kier alpha value is -2.83. The van der Waals surface area contributed by atoms with Gasteiger partial charge in [0.2, 0.25) is 6.79 Å². The molecule has 0 saturated heterocycles. The van der Waals surface area contributed by atoms with Crippen LogP contribution >= 0.6 is 0 Å². The topological polar surface area (TPSA) is 85.4 Å². The number of ether oxygens (including phenoxy) is 2. The minimum absolute atomic E-state index is 0.169. The number of benzene rings is 1. The molecule has 2 N–H and O–H groups in total. The second-order valence-electron chi connectivity index (χ2n) is 6.19. The Labute approximate surface area is 153 Å².